The van der Waals surface area contributed by atoms with Crippen molar-refractivity contribution in [1.29, 1.82) is 0 Å². The van der Waals surface area contributed by atoms with Crippen molar-refractivity contribution in [2.75, 3.05) is 7.05 Å². The number of hydrogen-bond donors (Lipinski definition) is 1. The molecule has 0 aliphatic heterocycles. The van der Waals surface area contributed by atoms with Crippen LogP contribution in [0.2, 0.25) is 5.02 Å². The van der Waals surface area contributed by atoms with E-state index in [1.54, 1.807) is 0 Å². The third-order valence-electron chi connectivity index (χ3n) is 3.43. The van der Waals surface area contributed by atoms with Crippen LogP contribution in [0.15, 0.2) is 24.3 Å². The molecule has 19 heavy (non-hydrogen) atoms. The van der Waals surface area contributed by atoms with Crippen molar-refractivity contribution in [2.24, 2.45) is 11.3 Å². The van der Waals surface area contributed by atoms with Crippen molar-refractivity contribution < 1.29 is 0 Å². The van der Waals surface area contributed by atoms with Gasteiger partial charge in [0.2, 0.25) is 0 Å². The molecule has 0 heterocycles. The summed E-state index contributed by atoms with van der Waals surface area (Å²) >= 11 is 6.04. The Bertz CT molecular complexity index is 381. The van der Waals surface area contributed by atoms with Gasteiger partial charge in [-0.25, -0.2) is 0 Å². The molecule has 1 rings (SSSR count). The predicted octanol–water partition coefficient (Wildman–Crippen LogP) is 4.93. The molecule has 1 aromatic rings. The summed E-state index contributed by atoms with van der Waals surface area (Å²) in [5.41, 5.74) is 1.73. The van der Waals surface area contributed by atoms with Crippen molar-refractivity contribution in [1.82, 2.24) is 5.32 Å². The van der Waals surface area contributed by atoms with Crippen LogP contribution in [0.3, 0.4) is 0 Å². The molecule has 2 unspecified atom stereocenters. The fourth-order valence-corrected chi connectivity index (χ4v) is 3.08. The van der Waals surface area contributed by atoms with Gasteiger partial charge in [-0.05, 0) is 55.3 Å². The van der Waals surface area contributed by atoms with Gasteiger partial charge in [0.25, 0.3) is 0 Å². The Hall–Kier alpha value is -0.530. The first-order valence-electron chi connectivity index (χ1n) is 7.22. The Balaban J connectivity index is 2.54. The molecule has 0 aromatic heterocycles. The van der Waals surface area contributed by atoms with E-state index in [-0.39, 0.29) is 0 Å². The second kappa shape index (κ2) is 7.31. The van der Waals surface area contributed by atoms with Crippen molar-refractivity contribution in [3.05, 3.63) is 34.9 Å². The summed E-state index contributed by atoms with van der Waals surface area (Å²) in [4.78, 5) is 0. The van der Waals surface area contributed by atoms with E-state index in [1.807, 2.05) is 12.1 Å². The minimum Gasteiger partial charge on any atom is -0.317 e. The van der Waals surface area contributed by atoms with Crippen LogP contribution in [0.4, 0.5) is 0 Å². The van der Waals surface area contributed by atoms with Gasteiger partial charge in [0.1, 0.15) is 0 Å². The van der Waals surface area contributed by atoms with E-state index >= 15 is 0 Å². The highest BCUT2D eigenvalue weighted by Gasteiger charge is 2.18. The van der Waals surface area contributed by atoms with E-state index in [0.29, 0.717) is 11.5 Å². The molecular weight excluding hydrogens is 254 g/mol. The molecule has 0 fully saturated rings. The van der Waals surface area contributed by atoms with E-state index < -0.39 is 0 Å². The summed E-state index contributed by atoms with van der Waals surface area (Å²) in [5, 5.41) is 4.27. The normalized spacial score (nSPS) is 15.3. The summed E-state index contributed by atoms with van der Waals surface area (Å²) in [6.45, 7) is 9.30. The van der Waals surface area contributed by atoms with Crippen LogP contribution >= 0.6 is 11.6 Å². The van der Waals surface area contributed by atoms with Gasteiger partial charge < -0.3 is 5.32 Å². The molecule has 108 valence electrons. The highest BCUT2D eigenvalue weighted by molar-refractivity contribution is 6.30. The Morgan fingerprint density at radius 2 is 1.95 bits per heavy atom. The SMILES string of the molecule is CNC(Cc1cccc(Cl)c1)CC(C)CC(C)(C)C. The predicted molar refractivity (Wildman–Crippen MR) is 85.9 cm³/mol. The summed E-state index contributed by atoms with van der Waals surface area (Å²) < 4.78 is 0. The van der Waals surface area contributed by atoms with Crippen LogP contribution in [-0.4, -0.2) is 13.1 Å². The lowest BCUT2D eigenvalue weighted by molar-refractivity contribution is 0.277. The first-order chi connectivity index (χ1) is 8.80. The molecule has 0 saturated heterocycles. The van der Waals surface area contributed by atoms with Gasteiger partial charge in [0.05, 0.1) is 0 Å². The zero-order valence-corrected chi connectivity index (χ0v) is 13.7. The van der Waals surface area contributed by atoms with E-state index in [0.717, 1.165) is 17.4 Å². The van der Waals surface area contributed by atoms with Gasteiger partial charge in [0, 0.05) is 11.1 Å². The number of benzene rings is 1. The second-order valence-corrected chi connectivity index (χ2v) is 7.36. The van der Waals surface area contributed by atoms with Gasteiger partial charge in [-0.2, -0.15) is 0 Å². The van der Waals surface area contributed by atoms with E-state index in [4.69, 9.17) is 11.6 Å². The first kappa shape index (κ1) is 16.5. The fraction of sp³-hybridized carbons (Fsp3) is 0.647. The standard InChI is InChI=1S/C17H28ClN/c1-13(12-17(2,3)4)9-16(19-5)11-14-7-6-8-15(18)10-14/h6-8,10,13,16,19H,9,11-12H2,1-5H3. The zero-order valence-electron chi connectivity index (χ0n) is 13.0. The third kappa shape index (κ3) is 6.98. The van der Waals surface area contributed by atoms with E-state index in [9.17, 15) is 0 Å². The molecule has 0 radical (unpaired) electrons. The maximum Gasteiger partial charge on any atom is 0.0408 e. The minimum atomic E-state index is 0.410. The molecule has 1 N–H and O–H groups in total. The van der Waals surface area contributed by atoms with Crippen LogP contribution in [0.25, 0.3) is 0 Å². The van der Waals surface area contributed by atoms with Gasteiger partial charge in [-0.3, -0.25) is 0 Å². The lowest BCUT2D eigenvalue weighted by atomic mass is 9.82. The van der Waals surface area contributed by atoms with Crippen LogP contribution in [0.5, 0.6) is 0 Å². The highest BCUT2D eigenvalue weighted by Crippen LogP contribution is 2.27. The van der Waals surface area contributed by atoms with Crippen molar-refractivity contribution in [3.63, 3.8) is 0 Å². The number of nitrogens with one attached hydrogen (secondary N) is 1. The topological polar surface area (TPSA) is 12.0 Å². The molecule has 0 bridgehead atoms. The number of likely N-dealkylation sites (N-methyl/N-ethyl adjacent to an activating group) is 1. The van der Waals surface area contributed by atoms with Crippen LogP contribution < -0.4 is 5.32 Å². The van der Waals surface area contributed by atoms with Crippen molar-refractivity contribution >= 4 is 11.6 Å². The molecule has 0 aliphatic rings. The first-order valence-corrected chi connectivity index (χ1v) is 7.59. The molecule has 1 aromatic carbocycles. The zero-order chi connectivity index (χ0) is 14.5. The number of hydrogen-bond acceptors (Lipinski definition) is 1. The third-order valence-corrected chi connectivity index (χ3v) is 3.66. The monoisotopic (exact) mass is 281 g/mol. The molecule has 1 nitrogen and oxygen atoms in total. The van der Waals surface area contributed by atoms with Crippen LogP contribution in [-0.2, 0) is 6.42 Å². The summed E-state index contributed by atoms with van der Waals surface area (Å²) in [5.74, 6) is 0.733. The van der Waals surface area contributed by atoms with Crippen LogP contribution in [0.1, 0.15) is 46.1 Å². The van der Waals surface area contributed by atoms with Gasteiger partial charge >= 0.3 is 0 Å². The lowest BCUT2D eigenvalue weighted by Crippen LogP contribution is -2.30. The maximum atomic E-state index is 6.04. The number of halogens is 1. The molecule has 0 saturated carbocycles. The van der Waals surface area contributed by atoms with Gasteiger partial charge in [-0.1, -0.05) is 51.4 Å². The average Bonchev–Trinajstić information content (AvgIpc) is 2.25. The molecule has 0 spiro atoms. The van der Waals surface area contributed by atoms with Crippen molar-refractivity contribution in [2.45, 2.75) is 53.0 Å². The summed E-state index contributed by atoms with van der Waals surface area (Å²) in [6, 6.07) is 8.71. The minimum absolute atomic E-state index is 0.410. The largest absolute Gasteiger partial charge is 0.317 e. The summed E-state index contributed by atoms with van der Waals surface area (Å²) in [7, 11) is 2.05. The smallest absolute Gasteiger partial charge is 0.0408 e. The Morgan fingerprint density at radius 3 is 2.47 bits per heavy atom. The maximum absolute atomic E-state index is 6.04. The molecular formula is C17H28ClN. The second-order valence-electron chi connectivity index (χ2n) is 6.93. The van der Waals surface area contributed by atoms with E-state index in [1.165, 1.54) is 18.4 Å². The van der Waals surface area contributed by atoms with E-state index in [2.05, 4.69) is 52.2 Å². The molecule has 2 atom stereocenters. The molecule has 0 amide bonds. The lowest BCUT2D eigenvalue weighted by Gasteiger charge is -2.26. The fourth-order valence-electron chi connectivity index (χ4n) is 2.87. The Morgan fingerprint density at radius 1 is 1.26 bits per heavy atom. The summed E-state index contributed by atoms with van der Waals surface area (Å²) in [6.07, 6.45) is 3.52. The highest BCUT2D eigenvalue weighted by atomic mass is 35.5. The van der Waals surface area contributed by atoms with Gasteiger partial charge in [-0.15, -0.1) is 0 Å². The molecule has 0 aliphatic carbocycles. The Kier molecular flexibility index (Phi) is 6.35. The Labute approximate surface area is 123 Å². The van der Waals surface area contributed by atoms with Crippen molar-refractivity contribution in [3.8, 4) is 0 Å². The molecule has 2 heteroatoms. The van der Waals surface area contributed by atoms with Gasteiger partial charge in [0.15, 0.2) is 0 Å². The van der Waals surface area contributed by atoms with Crippen LogP contribution in [0, 0.1) is 11.3 Å². The quantitative estimate of drug-likeness (QED) is 0.779. The number of rotatable bonds is 6. The average molecular weight is 282 g/mol.